The third-order valence-electron chi connectivity index (χ3n) is 5.68. The highest BCUT2D eigenvalue weighted by Crippen LogP contribution is 2.28. The van der Waals surface area contributed by atoms with E-state index in [1.54, 1.807) is 7.11 Å². The van der Waals surface area contributed by atoms with Gasteiger partial charge in [0.1, 0.15) is 5.75 Å². The summed E-state index contributed by atoms with van der Waals surface area (Å²) in [5.41, 5.74) is 1.19. The molecule has 0 amide bonds. The Morgan fingerprint density at radius 1 is 1.03 bits per heavy atom. The molecule has 0 saturated carbocycles. The number of hydrogen-bond donors (Lipinski definition) is 1. The average molecular weight is 515 g/mol. The van der Waals surface area contributed by atoms with Gasteiger partial charge in [0.25, 0.3) is 0 Å². The quantitative estimate of drug-likeness (QED) is 0.249. The van der Waals surface area contributed by atoms with E-state index in [1.807, 2.05) is 12.1 Å². The number of unbranched alkanes of at least 4 members (excludes halogenated alkanes) is 1. The largest absolute Gasteiger partial charge is 0.495 e. The molecular formula is C22H38IN5O. The van der Waals surface area contributed by atoms with Crippen molar-refractivity contribution >= 4 is 35.6 Å². The molecule has 1 N–H and O–H groups in total. The number of nitrogens with zero attached hydrogens (tertiary/aromatic N) is 4. The number of methoxy groups -OCH3 is 1. The van der Waals surface area contributed by atoms with Gasteiger partial charge in [0.2, 0.25) is 0 Å². The molecule has 0 radical (unpaired) electrons. The lowest BCUT2D eigenvalue weighted by molar-refractivity contribution is 0.330. The van der Waals surface area contributed by atoms with Crippen LogP contribution in [0.25, 0.3) is 0 Å². The van der Waals surface area contributed by atoms with Crippen LogP contribution in [0, 0.1) is 0 Å². The number of rotatable bonds is 8. The van der Waals surface area contributed by atoms with Gasteiger partial charge in [0, 0.05) is 39.3 Å². The summed E-state index contributed by atoms with van der Waals surface area (Å²) in [5.74, 6) is 2.03. The topological polar surface area (TPSA) is 43.3 Å². The number of halogens is 1. The summed E-state index contributed by atoms with van der Waals surface area (Å²) < 4.78 is 5.53. The summed E-state index contributed by atoms with van der Waals surface area (Å²) in [7, 11) is 1.74. The first-order valence-electron chi connectivity index (χ1n) is 11.0. The number of piperazine rings is 1. The molecule has 0 spiro atoms. The van der Waals surface area contributed by atoms with Crippen LogP contribution >= 0.6 is 24.0 Å². The van der Waals surface area contributed by atoms with Crippen molar-refractivity contribution < 1.29 is 4.74 Å². The molecule has 0 aromatic heterocycles. The molecule has 2 aliphatic rings. The van der Waals surface area contributed by atoms with E-state index in [0.29, 0.717) is 0 Å². The molecule has 0 bridgehead atoms. The van der Waals surface area contributed by atoms with Crippen molar-refractivity contribution in [3.8, 4) is 5.75 Å². The Bertz CT molecular complexity index is 613. The molecule has 29 heavy (non-hydrogen) atoms. The predicted octanol–water partition coefficient (Wildman–Crippen LogP) is 3.28. The summed E-state index contributed by atoms with van der Waals surface area (Å²) in [6.07, 6.45) is 5.18. The van der Waals surface area contributed by atoms with Gasteiger partial charge in [-0.3, -0.25) is 4.99 Å². The van der Waals surface area contributed by atoms with Crippen molar-refractivity contribution in [3.63, 3.8) is 0 Å². The first kappa shape index (κ1) is 24.1. The highest BCUT2D eigenvalue weighted by Gasteiger charge is 2.21. The standard InChI is InChI=1S/C22H37N5O.HI/c1-3-23-22(24-12-6-7-13-25-14-8-9-15-25)27-18-16-26(17-19-27)20-10-4-5-11-21(20)28-2;/h4-5,10-11H,3,6-9,12-19H2,1-2H3,(H,23,24);1H. The van der Waals surface area contributed by atoms with Gasteiger partial charge >= 0.3 is 0 Å². The van der Waals surface area contributed by atoms with Gasteiger partial charge in [0.15, 0.2) is 5.96 Å². The van der Waals surface area contributed by atoms with E-state index in [2.05, 4.69) is 39.1 Å². The van der Waals surface area contributed by atoms with E-state index in [4.69, 9.17) is 9.73 Å². The minimum Gasteiger partial charge on any atom is -0.495 e. The van der Waals surface area contributed by atoms with E-state index >= 15 is 0 Å². The zero-order valence-corrected chi connectivity index (χ0v) is 20.4. The summed E-state index contributed by atoms with van der Waals surface area (Å²) in [5, 5.41) is 3.48. The molecule has 7 heteroatoms. The smallest absolute Gasteiger partial charge is 0.194 e. The molecule has 2 fully saturated rings. The Morgan fingerprint density at radius 2 is 1.76 bits per heavy atom. The molecule has 0 unspecified atom stereocenters. The number of hydrogen-bond acceptors (Lipinski definition) is 4. The van der Waals surface area contributed by atoms with E-state index in [1.165, 1.54) is 51.0 Å². The number of aliphatic imine (C=N–C) groups is 1. The van der Waals surface area contributed by atoms with Crippen LogP contribution in [0.3, 0.4) is 0 Å². The zero-order valence-electron chi connectivity index (χ0n) is 18.1. The van der Waals surface area contributed by atoms with Gasteiger partial charge in [-0.1, -0.05) is 12.1 Å². The maximum absolute atomic E-state index is 5.53. The molecule has 1 aromatic carbocycles. The summed E-state index contributed by atoms with van der Waals surface area (Å²) >= 11 is 0. The first-order chi connectivity index (χ1) is 13.8. The van der Waals surface area contributed by atoms with Gasteiger partial charge in [0.05, 0.1) is 12.8 Å². The SMILES string of the molecule is CCNC(=NCCCCN1CCCC1)N1CCN(c2ccccc2OC)CC1.I. The second kappa shape index (κ2) is 13.2. The van der Waals surface area contributed by atoms with Gasteiger partial charge in [-0.2, -0.15) is 0 Å². The van der Waals surface area contributed by atoms with Crippen LogP contribution in [0.4, 0.5) is 5.69 Å². The van der Waals surface area contributed by atoms with E-state index in [0.717, 1.165) is 51.0 Å². The number of benzene rings is 1. The fourth-order valence-corrected chi connectivity index (χ4v) is 4.11. The first-order valence-corrected chi connectivity index (χ1v) is 11.0. The number of nitrogens with one attached hydrogen (secondary N) is 1. The Morgan fingerprint density at radius 3 is 2.45 bits per heavy atom. The third kappa shape index (κ3) is 7.20. The maximum atomic E-state index is 5.53. The maximum Gasteiger partial charge on any atom is 0.194 e. The van der Waals surface area contributed by atoms with Crippen molar-refractivity contribution in [2.24, 2.45) is 4.99 Å². The van der Waals surface area contributed by atoms with Crippen molar-refractivity contribution in [2.45, 2.75) is 32.6 Å². The van der Waals surface area contributed by atoms with Gasteiger partial charge in [-0.15, -0.1) is 24.0 Å². The van der Waals surface area contributed by atoms with Crippen LogP contribution < -0.4 is 15.0 Å². The molecule has 164 valence electrons. The van der Waals surface area contributed by atoms with Crippen LogP contribution in [0.2, 0.25) is 0 Å². The molecule has 2 saturated heterocycles. The van der Waals surface area contributed by atoms with E-state index < -0.39 is 0 Å². The summed E-state index contributed by atoms with van der Waals surface area (Å²) in [4.78, 5) is 12.3. The lowest BCUT2D eigenvalue weighted by atomic mass is 10.2. The molecule has 2 aliphatic heterocycles. The number of para-hydroxylation sites is 2. The molecule has 3 rings (SSSR count). The number of ether oxygens (including phenoxy) is 1. The van der Waals surface area contributed by atoms with Gasteiger partial charge in [-0.25, -0.2) is 0 Å². The molecule has 0 atom stereocenters. The van der Waals surface area contributed by atoms with E-state index in [9.17, 15) is 0 Å². The molecular weight excluding hydrogens is 477 g/mol. The van der Waals surface area contributed by atoms with Crippen molar-refractivity contribution in [1.82, 2.24) is 15.1 Å². The summed E-state index contributed by atoms with van der Waals surface area (Å²) in [6, 6.07) is 8.29. The van der Waals surface area contributed by atoms with Crippen molar-refractivity contribution in [3.05, 3.63) is 24.3 Å². The lowest BCUT2D eigenvalue weighted by Crippen LogP contribution is -2.52. The highest BCUT2D eigenvalue weighted by atomic mass is 127. The Balaban J connectivity index is 0.00000300. The minimum atomic E-state index is 0. The monoisotopic (exact) mass is 515 g/mol. The normalized spacial score (nSPS) is 17.9. The Hall–Kier alpha value is -1.22. The van der Waals surface area contributed by atoms with Crippen LogP contribution in [0.1, 0.15) is 32.6 Å². The fraction of sp³-hybridized carbons (Fsp3) is 0.682. The second-order valence-corrected chi connectivity index (χ2v) is 7.64. The van der Waals surface area contributed by atoms with E-state index in [-0.39, 0.29) is 24.0 Å². The predicted molar refractivity (Wildman–Crippen MR) is 133 cm³/mol. The summed E-state index contributed by atoms with van der Waals surface area (Å²) in [6.45, 7) is 11.7. The molecule has 0 aliphatic carbocycles. The number of guanidine groups is 1. The molecule has 1 aromatic rings. The van der Waals surface area contributed by atoms with Gasteiger partial charge < -0.3 is 24.8 Å². The van der Waals surface area contributed by atoms with Crippen LogP contribution in [0.15, 0.2) is 29.3 Å². The fourth-order valence-electron chi connectivity index (χ4n) is 4.11. The zero-order chi connectivity index (χ0) is 19.6. The number of anilines is 1. The molecule has 2 heterocycles. The Labute approximate surface area is 193 Å². The number of likely N-dealkylation sites (tertiary alicyclic amines) is 1. The third-order valence-corrected chi connectivity index (χ3v) is 5.68. The van der Waals surface area contributed by atoms with Crippen LogP contribution in [-0.4, -0.2) is 81.8 Å². The Kier molecular flexibility index (Phi) is 10.9. The van der Waals surface area contributed by atoms with Crippen LogP contribution in [0.5, 0.6) is 5.75 Å². The lowest BCUT2D eigenvalue weighted by Gasteiger charge is -2.38. The van der Waals surface area contributed by atoms with Gasteiger partial charge in [-0.05, 0) is 64.4 Å². The highest BCUT2D eigenvalue weighted by molar-refractivity contribution is 14.0. The molecule has 6 nitrogen and oxygen atoms in total. The minimum absolute atomic E-state index is 0. The second-order valence-electron chi connectivity index (χ2n) is 7.64. The van der Waals surface area contributed by atoms with Crippen LogP contribution in [-0.2, 0) is 0 Å². The van der Waals surface area contributed by atoms with Crippen molar-refractivity contribution in [2.75, 3.05) is 70.9 Å². The average Bonchev–Trinajstić information content (AvgIpc) is 3.26. The van der Waals surface area contributed by atoms with Crippen molar-refractivity contribution in [1.29, 1.82) is 0 Å².